The molecule has 0 radical (unpaired) electrons. The van der Waals surface area contributed by atoms with Gasteiger partial charge in [0, 0.05) is 35.6 Å². The molecule has 0 fully saturated rings. The zero-order valence-corrected chi connectivity index (χ0v) is 26.6. The van der Waals surface area contributed by atoms with E-state index in [2.05, 4.69) is 6.07 Å². The van der Waals surface area contributed by atoms with Gasteiger partial charge in [-0.15, -0.1) is 0 Å². The zero-order valence-electron chi connectivity index (χ0n) is 26.6. The van der Waals surface area contributed by atoms with Crippen LogP contribution in [-0.2, 0) is 16.0 Å². The molecule has 10 nitrogen and oxygen atoms in total. The Labute approximate surface area is 257 Å². The number of benzene rings is 2. The highest BCUT2D eigenvalue weighted by Gasteiger charge is 2.27. The molecule has 0 bridgehead atoms. The maximum atomic E-state index is 13.1. The number of ether oxygens (including phenoxy) is 3. The summed E-state index contributed by atoms with van der Waals surface area (Å²) in [5.74, 6) is 0.675. The van der Waals surface area contributed by atoms with Gasteiger partial charge in [-0.2, -0.15) is 10.4 Å². The second kappa shape index (κ2) is 11.4. The lowest BCUT2D eigenvalue weighted by Crippen LogP contribution is -2.39. The summed E-state index contributed by atoms with van der Waals surface area (Å²) in [5.41, 5.74) is 4.44. The predicted octanol–water partition coefficient (Wildman–Crippen LogP) is 7.04. The average Bonchev–Trinajstić information content (AvgIpc) is 3.54. The molecule has 0 saturated heterocycles. The first-order valence-corrected chi connectivity index (χ1v) is 14.7. The van der Waals surface area contributed by atoms with Crippen molar-refractivity contribution in [3.8, 4) is 11.8 Å². The van der Waals surface area contributed by atoms with Crippen molar-refractivity contribution >= 4 is 39.6 Å². The fraction of sp³-hybridized carbons (Fsp3) is 0.412. The lowest BCUT2D eigenvalue weighted by Gasteiger charge is -2.29. The van der Waals surface area contributed by atoms with Crippen molar-refractivity contribution in [2.45, 2.75) is 72.6 Å². The SMILES string of the molecule is COc1cc(C)c2c(ccn2C(=O)OC(C)(C)C)c1Cn1nc2ccc(C#N)cc2c1C1=CCN(C(=O)OC(C)(C)C)CC1. The summed E-state index contributed by atoms with van der Waals surface area (Å²) >= 11 is 0. The summed E-state index contributed by atoms with van der Waals surface area (Å²) in [6.45, 7) is 14.2. The Kier molecular flexibility index (Phi) is 7.93. The lowest BCUT2D eigenvalue weighted by atomic mass is 10.00. The van der Waals surface area contributed by atoms with Gasteiger partial charge in [-0.1, -0.05) is 6.08 Å². The number of nitrogens with zero attached hydrogens (tertiary/aromatic N) is 5. The molecule has 2 aromatic carbocycles. The summed E-state index contributed by atoms with van der Waals surface area (Å²) in [6, 6.07) is 11.5. The first kappa shape index (κ1) is 30.7. The first-order valence-electron chi connectivity index (χ1n) is 14.7. The summed E-state index contributed by atoms with van der Waals surface area (Å²) in [6.07, 6.45) is 3.54. The van der Waals surface area contributed by atoms with Crippen molar-refractivity contribution in [3.63, 3.8) is 0 Å². The summed E-state index contributed by atoms with van der Waals surface area (Å²) in [5, 5.41) is 16.3. The minimum absolute atomic E-state index is 0.345. The van der Waals surface area contributed by atoms with Crippen LogP contribution in [0.15, 0.2) is 42.6 Å². The molecule has 1 aliphatic heterocycles. The number of fused-ring (bicyclic) bond motifs is 2. The largest absolute Gasteiger partial charge is 0.496 e. The second-order valence-electron chi connectivity index (χ2n) is 13.1. The Hall–Kier alpha value is -4.78. The van der Waals surface area contributed by atoms with Crippen molar-refractivity contribution in [1.29, 1.82) is 5.26 Å². The summed E-state index contributed by atoms with van der Waals surface area (Å²) < 4.78 is 20.6. The second-order valence-corrected chi connectivity index (χ2v) is 13.1. The van der Waals surface area contributed by atoms with Crippen LogP contribution in [0.1, 0.15) is 70.3 Å². The Bertz CT molecular complexity index is 1840. The van der Waals surface area contributed by atoms with E-state index >= 15 is 0 Å². The van der Waals surface area contributed by atoms with Crippen LogP contribution in [-0.4, -0.2) is 62.8 Å². The number of carbonyl (C=O) groups excluding carboxylic acids is 2. The molecule has 44 heavy (non-hydrogen) atoms. The van der Waals surface area contributed by atoms with Gasteiger partial charge in [-0.3, -0.25) is 9.25 Å². The van der Waals surface area contributed by atoms with E-state index in [0.717, 1.165) is 44.2 Å². The molecule has 0 N–H and O–H groups in total. The van der Waals surface area contributed by atoms with Crippen molar-refractivity contribution < 1.29 is 23.8 Å². The number of rotatable bonds is 4. The average molecular weight is 598 g/mol. The number of aromatic nitrogens is 3. The van der Waals surface area contributed by atoms with Gasteiger partial charge in [-0.05, 0) is 96.4 Å². The molecule has 5 rings (SSSR count). The summed E-state index contributed by atoms with van der Waals surface area (Å²) in [4.78, 5) is 27.5. The molecule has 3 heterocycles. The van der Waals surface area contributed by atoms with E-state index in [4.69, 9.17) is 19.3 Å². The third kappa shape index (κ3) is 6.13. The smallest absolute Gasteiger partial charge is 0.419 e. The highest BCUT2D eigenvalue weighted by Crippen LogP contribution is 2.36. The van der Waals surface area contributed by atoms with E-state index in [1.165, 1.54) is 4.57 Å². The first-order chi connectivity index (χ1) is 20.7. The Morgan fingerprint density at radius 3 is 2.32 bits per heavy atom. The predicted molar refractivity (Wildman–Crippen MR) is 169 cm³/mol. The highest BCUT2D eigenvalue weighted by atomic mass is 16.6. The standard InChI is InChI=1S/C34H39N5O5/c1-21-17-28(42-8)26(24-13-16-38(29(21)24)32(41)44-34(5,6)7)20-39-30(25-18-22(19-35)9-10-27(25)36-39)23-11-14-37(15-12-23)31(40)43-33(2,3)4/h9-11,13,16-18H,12,14-15,20H2,1-8H3. The molecule has 1 amide bonds. The van der Waals surface area contributed by atoms with Gasteiger partial charge >= 0.3 is 12.2 Å². The molecule has 1 aliphatic rings. The van der Waals surface area contributed by atoms with E-state index in [-0.39, 0.29) is 6.09 Å². The number of nitriles is 1. The van der Waals surface area contributed by atoms with Gasteiger partial charge in [0.05, 0.1) is 42.0 Å². The molecule has 0 spiro atoms. The third-order valence-electron chi connectivity index (χ3n) is 7.38. The quantitative estimate of drug-likeness (QED) is 0.248. The Morgan fingerprint density at radius 2 is 1.70 bits per heavy atom. The van der Waals surface area contributed by atoms with Gasteiger partial charge in [0.2, 0.25) is 0 Å². The molecule has 0 atom stereocenters. The maximum Gasteiger partial charge on any atom is 0.419 e. The Balaban J connectivity index is 1.60. The van der Waals surface area contributed by atoms with Crippen LogP contribution in [0.25, 0.3) is 27.4 Å². The highest BCUT2D eigenvalue weighted by molar-refractivity contribution is 5.96. The van der Waals surface area contributed by atoms with Crippen LogP contribution in [0.2, 0.25) is 0 Å². The van der Waals surface area contributed by atoms with Crippen LogP contribution >= 0.6 is 0 Å². The number of hydrogen-bond donors (Lipinski definition) is 0. The fourth-order valence-corrected chi connectivity index (χ4v) is 5.55. The molecule has 2 aromatic heterocycles. The van der Waals surface area contributed by atoms with E-state index in [9.17, 15) is 14.9 Å². The van der Waals surface area contributed by atoms with Crippen molar-refractivity contribution in [2.75, 3.05) is 20.2 Å². The van der Waals surface area contributed by atoms with Gasteiger partial charge in [0.15, 0.2) is 0 Å². The van der Waals surface area contributed by atoms with Crippen LogP contribution in [0.4, 0.5) is 9.59 Å². The van der Waals surface area contributed by atoms with Crippen molar-refractivity contribution in [1.82, 2.24) is 19.2 Å². The van der Waals surface area contributed by atoms with E-state index in [1.807, 2.05) is 83.5 Å². The molecule has 0 aliphatic carbocycles. The third-order valence-corrected chi connectivity index (χ3v) is 7.38. The van der Waals surface area contributed by atoms with Crippen LogP contribution in [0.5, 0.6) is 5.75 Å². The number of amides is 1. The normalized spacial score (nSPS) is 14.0. The minimum Gasteiger partial charge on any atom is -0.496 e. The van der Waals surface area contributed by atoms with E-state index < -0.39 is 17.3 Å². The molecule has 4 aromatic rings. The topological polar surface area (TPSA) is 112 Å². The number of carbonyl (C=O) groups is 2. The van der Waals surface area contributed by atoms with Crippen LogP contribution < -0.4 is 4.74 Å². The molecule has 0 saturated carbocycles. The van der Waals surface area contributed by atoms with Crippen LogP contribution in [0, 0.1) is 18.3 Å². The molecular weight excluding hydrogens is 558 g/mol. The number of hydrogen-bond acceptors (Lipinski definition) is 7. The van der Waals surface area contributed by atoms with Crippen molar-refractivity contribution in [3.05, 3.63) is 65.0 Å². The monoisotopic (exact) mass is 597 g/mol. The number of aryl methyl sites for hydroxylation is 1. The minimum atomic E-state index is -0.643. The van der Waals surface area contributed by atoms with E-state index in [0.29, 0.717) is 37.4 Å². The van der Waals surface area contributed by atoms with Gasteiger partial charge in [-0.25, -0.2) is 9.59 Å². The lowest BCUT2D eigenvalue weighted by molar-refractivity contribution is 0.0270. The molecule has 230 valence electrons. The fourth-order valence-electron chi connectivity index (χ4n) is 5.55. The van der Waals surface area contributed by atoms with E-state index in [1.54, 1.807) is 24.3 Å². The summed E-state index contributed by atoms with van der Waals surface area (Å²) in [7, 11) is 1.63. The number of methoxy groups -OCH3 is 1. The molecular formula is C34H39N5O5. The van der Waals surface area contributed by atoms with Crippen LogP contribution in [0.3, 0.4) is 0 Å². The van der Waals surface area contributed by atoms with Gasteiger partial charge < -0.3 is 19.1 Å². The van der Waals surface area contributed by atoms with Crippen molar-refractivity contribution in [2.24, 2.45) is 0 Å². The Morgan fingerprint density at radius 1 is 1.00 bits per heavy atom. The van der Waals surface area contributed by atoms with Gasteiger partial charge in [0.1, 0.15) is 17.0 Å². The molecule has 0 unspecified atom stereocenters. The molecule has 10 heteroatoms. The zero-order chi connectivity index (χ0) is 32.0. The van der Waals surface area contributed by atoms with Gasteiger partial charge in [0.25, 0.3) is 0 Å². The maximum absolute atomic E-state index is 13.1.